The van der Waals surface area contributed by atoms with Gasteiger partial charge in [-0.05, 0) is 67.6 Å². The van der Waals surface area contributed by atoms with Crippen molar-refractivity contribution in [2.45, 2.75) is 46.2 Å². The number of carbonyl (C=O) groups excluding carboxylic acids is 3. The monoisotopic (exact) mass is 600 g/mol. The van der Waals surface area contributed by atoms with Gasteiger partial charge in [-0.25, -0.2) is 4.99 Å². The van der Waals surface area contributed by atoms with E-state index in [1.54, 1.807) is 31.1 Å². The average molecular weight is 602 g/mol. The Bertz CT molecular complexity index is 1300. The SMILES string of the molecule is CN(C)CC(=O)Nc1c(Cl)cc(CN=C(NC(=O)CC(C)(C)C)NC(=O)C2C3CC3CN2c2ccccc2)cc1Cl. The number of hydrogen-bond acceptors (Lipinski definition) is 6. The van der Waals surface area contributed by atoms with Crippen LogP contribution in [0.4, 0.5) is 11.4 Å². The zero-order valence-electron chi connectivity index (χ0n) is 24.1. The summed E-state index contributed by atoms with van der Waals surface area (Å²) in [6.07, 6.45) is 1.27. The van der Waals surface area contributed by atoms with Gasteiger partial charge in [0.1, 0.15) is 6.04 Å². The third-order valence-corrected chi connectivity index (χ3v) is 7.54. The highest BCUT2D eigenvalue weighted by molar-refractivity contribution is 6.39. The molecule has 1 aliphatic heterocycles. The summed E-state index contributed by atoms with van der Waals surface area (Å²) in [7, 11) is 3.57. The molecule has 11 heteroatoms. The van der Waals surface area contributed by atoms with Gasteiger partial charge in [-0.15, -0.1) is 0 Å². The quantitative estimate of drug-likeness (QED) is 0.304. The van der Waals surface area contributed by atoms with Crippen molar-refractivity contribution >= 4 is 58.3 Å². The van der Waals surface area contributed by atoms with E-state index in [-0.39, 0.29) is 70.6 Å². The third kappa shape index (κ3) is 8.44. The zero-order chi connectivity index (χ0) is 29.9. The molecule has 2 aromatic rings. The summed E-state index contributed by atoms with van der Waals surface area (Å²) in [6.45, 7) is 7.00. The van der Waals surface area contributed by atoms with E-state index < -0.39 is 0 Å². The Morgan fingerprint density at radius 3 is 2.29 bits per heavy atom. The van der Waals surface area contributed by atoms with Crippen LogP contribution in [0.2, 0.25) is 10.0 Å². The number of carbonyl (C=O) groups is 3. The highest BCUT2D eigenvalue weighted by atomic mass is 35.5. The van der Waals surface area contributed by atoms with E-state index in [4.69, 9.17) is 23.2 Å². The molecule has 3 unspecified atom stereocenters. The summed E-state index contributed by atoms with van der Waals surface area (Å²) in [5, 5.41) is 8.96. The second-order valence-corrected chi connectivity index (χ2v) is 13.1. The molecule has 3 N–H and O–H groups in total. The number of rotatable bonds is 8. The van der Waals surface area contributed by atoms with Gasteiger partial charge in [0.15, 0.2) is 0 Å². The van der Waals surface area contributed by atoms with Crippen molar-refractivity contribution < 1.29 is 14.4 Å². The molecule has 2 fully saturated rings. The molecular weight excluding hydrogens is 563 g/mol. The lowest BCUT2D eigenvalue weighted by Crippen LogP contribution is -2.52. The summed E-state index contributed by atoms with van der Waals surface area (Å²) in [4.78, 5) is 47.1. The first-order chi connectivity index (χ1) is 19.3. The van der Waals surface area contributed by atoms with Gasteiger partial charge in [-0.2, -0.15) is 0 Å². The minimum atomic E-state index is -0.346. The number of amides is 3. The lowest BCUT2D eigenvalue weighted by molar-refractivity contribution is -0.122. The Hall–Kier alpha value is -3.14. The largest absolute Gasteiger partial charge is 0.359 e. The molecule has 0 aromatic heterocycles. The maximum Gasteiger partial charge on any atom is 0.249 e. The van der Waals surface area contributed by atoms with Crippen LogP contribution >= 0.6 is 23.2 Å². The van der Waals surface area contributed by atoms with Crippen molar-refractivity contribution in [1.29, 1.82) is 0 Å². The summed E-state index contributed by atoms with van der Waals surface area (Å²) in [5.74, 6) is 0.144. The van der Waals surface area contributed by atoms with E-state index >= 15 is 0 Å². The molecule has 3 amide bonds. The standard InChI is InChI=1S/C30H38Cl2N6O3/c1-30(2,3)14-24(39)35-29(33-15-18-11-22(31)26(23(32)12-18)34-25(40)17-37(4)5)36-28(41)27-21-13-19(21)16-38(27)20-9-7-6-8-10-20/h6-12,19,21,27H,13-17H2,1-5H3,(H,34,40)(H2,33,35,36,39,41). The van der Waals surface area contributed by atoms with Crippen LogP contribution < -0.4 is 20.9 Å². The highest BCUT2D eigenvalue weighted by Gasteiger charge is 2.55. The molecular formula is C30H38Cl2N6O3. The molecule has 41 heavy (non-hydrogen) atoms. The van der Waals surface area contributed by atoms with Crippen LogP contribution in [0.25, 0.3) is 0 Å². The summed E-state index contributed by atoms with van der Waals surface area (Å²) >= 11 is 12.9. The van der Waals surface area contributed by atoms with Crippen molar-refractivity contribution in [3.63, 3.8) is 0 Å². The van der Waals surface area contributed by atoms with Crippen LogP contribution in [0.5, 0.6) is 0 Å². The predicted octanol–water partition coefficient (Wildman–Crippen LogP) is 4.54. The number of fused-ring (bicyclic) bond motifs is 1. The molecule has 1 aliphatic carbocycles. The maximum atomic E-state index is 13.6. The van der Waals surface area contributed by atoms with Crippen molar-refractivity contribution in [2.75, 3.05) is 37.4 Å². The molecule has 220 valence electrons. The minimum absolute atomic E-state index is 0.0805. The van der Waals surface area contributed by atoms with Crippen molar-refractivity contribution in [1.82, 2.24) is 15.5 Å². The van der Waals surface area contributed by atoms with Gasteiger partial charge in [0.2, 0.25) is 23.7 Å². The first kappa shape index (κ1) is 30.8. The number of nitrogens with one attached hydrogen (secondary N) is 3. The van der Waals surface area contributed by atoms with Gasteiger partial charge < -0.3 is 15.1 Å². The van der Waals surface area contributed by atoms with Crippen LogP contribution in [0.3, 0.4) is 0 Å². The van der Waals surface area contributed by atoms with Gasteiger partial charge in [0.05, 0.1) is 28.8 Å². The van der Waals surface area contributed by atoms with E-state index in [0.29, 0.717) is 17.2 Å². The molecule has 3 atom stereocenters. The molecule has 2 aromatic carbocycles. The highest BCUT2D eigenvalue weighted by Crippen LogP contribution is 2.50. The number of benzene rings is 2. The fraction of sp³-hybridized carbons (Fsp3) is 0.467. The Morgan fingerprint density at radius 2 is 1.68 bits per heavy atom. The van der Waals surface area contributed by atoms with Gasteiger partial charge >= 0.3 is 0 Å². The topological polar surface area (TPSA) is 106 Å². The maximum absolute atomic E-state index is 13.6. The number of nitrogens with zero attached hydrogens (tertiary/aromatic N) is 3. The molecule has 9 nitrogen and oxygen atoms in total. The third-order valence-electron chi connectivity index (χ3n) is 6.94. The summed E-state index contributed by atoms with van der Waals surface area (Å²) < 4.78 is 0. The van der Waals surface area contributed by atoms with Gasteiger partial charge in [0.25, 0.3) is 0 Å². The summed E-state index contributed by atoms with van der Waals surface area (Å²) in [5.41, 5.74) is 1.72. The van der Waals surface area contributed by atoms with Crippen LogP contribution in [0.1, 0.15) is 39.2 Å². The Kier molecular flexibility index (Phi) is 9.62. The Morgan fingerprint density at radius 1 is 1.02 bits per heavy atom. The number of piperidine rings is 1. The number of guanidine groups is 1. The van der Waals surface area contributed by atoms with Crippen LogP contribution in [0.15, 0.2) is 47.5 Å². The lowest BCUT2D eigenvalue weighted by Gasteiger charge is -2.29. The van der Waals surface area contributed by atoms with Crippen LogP contribution in [0, 0.1) is 17.3 Å². The first-order valence-electron chi connectivity index (χ1n) is 13.7. The van der Waals surface area contributed by atoms with Crippen LogP contribution in [-0.4, -0.2) is 61.8 Å². The molecule has 0 bridgehead atoms. The number of hydrogen-bond donors (Lipinski definition) is 3. The molecule has 2 aliphatic rings. The fourth-order valence-electron chi connectivity index (χ4n) is 5.12. The second kappa shape index (κ2) is 12.8. The molecule has 1 saturated carbocycles. The molecule has 0 spiro atoms. The van der Waals surface area contributed by atoms with E-state index in [1.165, 1.54) is 0 Å². The van der Waals surface area contributed by atoms with E-state index in [2.05, 4.69) is 25.8 Å². The minimum Gasteiger partial charge on any atom is -0.359 e. The van der Waals surface area contributed by atoms with E-state index in [9.17, 15) is 14.4 Å². The molecule has 0 radical (unpaired) electrons. The number of halogens is 2. The predicted molar refractivity (Wildman–Crippen MR) is 164 cm³/mol. The van der Waals surface area contributed by atoms with Crippen molar-refractivity contribution in [3.8, 4) is 0 Å². The number of aliphatic imine (C=N–C) groups is 1. The lowest BCUT2D eigenvalue weighted by atomic mass is 9.92. The van der Waals surface area contributed by atoms with Gasteiger partial charge in [-0.1, -0.05) is 62.2 Å². The Labute approximate surface area is 251 Å². The second-order valence-electron chi connectivity index (χ2n) is 12.3. The van der Waals surface area contributed by atoms with Gasteiger partial charge in [0, 0.05) is 18.7 Å². The van der Waals surface area contributed by atoms with Gasteiger partial charge in [-0.3, -0.25) is 25.0 Å². The number of anilines is 2. The zero-order valence-corrected chi connectivity index (χ0v) is 25.6. The van der Waals surface area contributed by atoms with E-state index in [1.807, 2.05) is 51.1 Å². The fourth-order valence-corrected chi connectivity index (χ4v) is 5.74. The van der Waals surface area contributed by atoms with Crippen LogP contribution in [-0.2, 0) is 20.9 Å². The first-order valence-corrected chi connectivity index (χ1v) is 14.5. The summed E-state index contributed by atoms with van der Waals surface area (Å²) in [6, 6.07) is 12.8. The molecule has 4 rings (SSSR count). The molecule has 1 heterocycles. The van der Waals surface area contributed by atoms with Crippen molar-refractivity contribution in [3.05, 3.63) is 58.1 Å². The number of para-hydroxylation sites is 1. The Balaban J connectivity index is 1.52. The number of likely N-dealkylation sites (N-methyl/N-ethyl adjacent to an activating group) is 1. The average Bonchev–Trinajstić information content (AvgIpc) is 3.52. The van der Waals surface area contributed by atoms with E-state index in [0.717, 1.165) is 18.7 Å². The molecule has 1 saturated heterocycles. The van der Waals surface area contributed by atoms with Crippen molar-refractivity contribution in [2.24, 2.45) is 22.2 Å². The smallest absolute Gasteiger partial charge is 0.249 e. The normalized spacial score (nSPS) is 20.0.